The number of morpholine rings is 1. The topological polar surface area (TPSA) is 67.4 Å². The SMILES string of the molecule is Cc1ncc(-c2ccncc2C=CC(=O)Nc2ccc(CN3CCOCC3)cc2)s1. The van der Waals surface area contributed by atoms with Crippen LogP contribution in [0.3, 0.4) is 0 Å². The summed E-state index contributed by atoms with van der Waals surface area (Å²) in [5.41, 5.74) is 3.91. The van der Waals surface area contributed by atoms with Crippen molar-refractivity contribution in [3.63, 3.8) is 0 Å². The third-order valence-electron chi connectivity index (χ3n) is 4.88. The lowest BCUT2D eigenvalue weighted by molar-refractivity contribution is -0.111. The molecule has 0 spiro atoms. The zero-order chi connectivity index (χ0) is 20.8. The largest absolute Gasteiger partial charge is 0.379 e. The number of aryl methyl sites for hydroxylation is 1. The fourth-order valence-electron chi connectivity index (χ4n) is 3.31. The molecule has 1 fully saturated rings. The predicted molar refractivity (Wildman–Crippen MR) is 120 cm³/mol. The van der Waals surface area contributed by atoms with Crippen LogP contribution in [0.2, 0.25) is 0 Å². The molecule has 154 valence electrons. The van der Waals surface area contributed by atoms with Crippen molar-refractivity contribution in [2.75, 3.05) is 31.6 Å². The van der Waals surface area contributed by atoms with Gasteiger partial charge in [-0.25, -0.2) is 4.98 Å². The van der Waals surface area contributed by atoms with Crippen LogP contribution in [0.25, 0.3) is 16.5 Å². The summed E-state index contributed by atoms with van der Waals surface area (Å²) in [6.07, 6.45) is 8.69. The zero-order valence-electron chi connectivity index (χ0n) is 16.9. The Morgan fingerprint density at radius 3 is 2.73 bits per heavy atom. The van der Waals surface area contributed by atoms with Crippen LogP contribution in [0.1, 0.15) is 16.1 Å². The van der Waals surface area contributed by atoms with Crippen molar-refractivity contribution in [1.29, 1.82) is 0 Å². The number of thiazole rings is 1. The second-order valence-electron chi connectivity index (χ2n) is 7.11. The molecule has 0 radical (unpaired) electrons. The summed E-state index contributed by atoms with van der Waals surface area (Å²) in [6, 6.07) is 9.94. The number of carbonyl (C=O) groups excluding carboxylic acids is 1. The van der Waals surface area contributed by atoms with E-state index in [1.807, 2.05) is 31.3 Å². The van der Waals surface area contributed by atoms with Crippen molar-refractivity contribution in [2.45, 2.75) is 13.5 Å². The number of nitrogens with zero attached hydrogens (tertiary/aromatic N) is 3. The van der Waals surface area contributed by atoms with Gasteiger partial charge in [-0.15, -0.1) is 11.3 Å². The van der Waals surface area contributed by atoms with E-state index in [-0.39, 0.29) is 5.91 Å². The third-order valence-corrected chi connectivity index (χ3v) is 5.83. The first-order valence-electron chi connectivity index (χ1n) is 9.92. The number of rotatable bonds is 6. The Hall–Kier alpha value is -2.87. The fraction of sp³-hybridized carbons (Fsp3) is 0.261. The maximum Gasteiger partial charge on any atom is 0.248 e. The van der Waals surface area contributed by atoms with Gasteiger partial charge in [0.05, 0.1) is 23.1 Å². The number of ether oxygens (including phenoxy) is 1. The van der Waals surface area contributed by atoms with Gasteiger partial charge in [0.15, 0.2) is 0 Å². The highest BCUT2D eigenvalue weighted by Gasteiger charge is 2.11. The Kier molecular flexibility index (Phi) is 6.63. The molecular weight excluding hydrogens is 396 g/mol. The second kappa shape index (κ2) is 9.75. The summed E-state index contributed by atoms with van der Waals surface area (Å²) in [5.74, 6) is -0.175. The van der Waals surface area contributed by atoms with Gasteiger partial charge in [-0.05, 0) is 36.8 Å². The quantitative estimate of drug-likeness (QED) is 0.611. The van der Waals surface area contributed by atoms with E-state index in [4.69, 9.17) is 4.74 Å². The minimum absolute atomic E-state index is 0.175. The van der Waals surface area contributed by atoms with Crippen LogP contribution in [0.5, 0.6) is 0 Å². The standard InChI is InChI=1S/C23H24N4O2S/c1-17-25-15-22(30-17)21-8-9-24-14-19(21)4-7-23(28)26-20-5-2-18(3-6-20)16-27-10-12-29-13-11-27/h2-9,14-15H,10-13,16H2,1H3,(H,26,28). The first-order valence-corrected chi connectivity index (χ1v) is 10.7. The summed E-state index contributed by atoms with van der Waals surface area (Å²) in [6.45, 7) is 6.38. The molecule has 0 saturated carbocycles. The summed E-state index contributed by atoms with van der Waals surface area (Å²) < 4.78 is 5.39. The summed E-state index contributed by atoms with van der Waals surface area (Å²) in [4.78, 5) is 24.3. The van der Waals surface area contributed by atoms with Crippen LogP contribution < -0.4 is 5.32 Å². The van der Waals surface area contributed by atoms with E-state index >= 15 is 0 Å². The second-order valence-corrected chi connectivity index (χ2v) is 8.35. The van der Waals surface area contributed by atoms with Crippen LogP contribution in [0.15, 0.2) is 55.0 Å². The van der Waals surface area contributed by atoms with Gasteiger partial charge in [0.2, 0.25) is 5.91 Å². The van der Waals surface area contributed by atoms with E-state index in [2.05, 4.69) is 32.3 Å². The number of amides is 1. The molecule has 1 aromatic carbocycles. The molecule has 0 bridgehead atoms. The normalized spacial score (nSPS) is 14.8. The van der Waals surface area contributed by atoms with Gasteiger partial charge in [-0.2, -0.15) is 0 Å². The van der Waals surface area contributed by atoms with Gasteiger partial charge in [0.25, 0.3) is 0 Å². The third kappa shape index (κ3) is 5.38. The minimum atomic E-state index is -0.175. The average molecular weight is 421 g/mol. The van der Waals surface area contributed by atoms with Crippen molar-refractivity contribution in [3.05, 3.63) is 71.1 Å². The molecule has 1 N–H and O–H groups in total. The van der Waals surface area contributed by atoms with Crippen molar-refractivity contribution in [2.24, 2.45) is 0 Å². The molecular formula is C23H24N4O2S. The lowest BCUT2D eigenvalue weighted by Crippen LogP contribution is -2.35. The molecule has 0 unspecified atom stereocenters. The Bertz CT molecular complexity index is 1020. The average Bonchev–Trinajstić information content (AvgIpc) is 3.21. The maximum absolute atomic E-state index is 12.4. The fourth-order valence-corrected chi connectivity index (χ4v) is 4.14. The highest BCUT2D eigenvalue weighted by atomic mass is 32.1. The van der Waals surface area contributed by atoms with E-state index in [9.17, 15) is 4.79 Å². The highest BCUT2D eigenvalue weighted by molar-refractivity contribution is 7.15. The Balaban J connectivity index is 1.37. The van der Waals surface area contributed by atoms with E-state index in [0.717, 1.165) is 59.5 Å². The first kappa shape index (κ1) is 20.4. The van der Waals surface area contributed by atoms with Gasteiger partial charge in [0, 0.05) is 61.1 Å². The molecule has 6 nitrogen and oxygen atoms in total. The van der Waals surface area contributed by atoms with Gasteiger partial charge in [-0.1, -0.05) is 12.1 Å². The molecule has 30 heavy (non-hydrogen) atoms. The molecule has 1 amide bonds. The summed E-state index contributed by atoms with van der Waals surface area (Å²) in [7, 11) is 0. The highest BCUT2D eigenvalue weighted by Crippen LogP contribution is 2.29. The molecule has 1 aliphatic heterocycles. The molecule has 3 heterocycles. The van der Waals surface area contributed by atoms with Crippen LogP contribution in [-0.4, -0.2) is 47.1 Å². The molecule has 1 aliphatic rings. The van der Waals surface area contributed by atoms with Crippen LogP contribution in [0.4, 0.5) is 5.69 Å². The first-order chi connectivity index (χ1) is 14.7. The number of nitrogens with one attached hydrogen (secondary N) is 1. The number of aromatic nitrogens is 2. The van der Waals surface area contributed by atoms with E-state index in [0.29, 0.717) is 0 Å². The lowest BCUT2D eigenvalue weighted by Gasteiger charge is -2.26. The Labute approximate surface area is 180 Å². The van der Waals surface area contributed by atoms with Crippen LogP contribution >= 0.6 is 11.3 Å². The van der Waals surface area contributed by atoms with Gasteiger partial charge < -0.3 is 10.1 Å². The van der Waals surface area contributed by atoms with Gasteiger partial charge in [-0.3, -0.25) is 14.7 Å². The van der Waals surface area contributed by atoms with Crippen molar-refractivity contribution < 1.29 is 9.53 Å². The molecule has 2 aromatic heterocycles. The van der Waals surface area contributed by atoms with Crippen LogP contribution in [-0.2, 0) is 16.1 Å². The number of benzene rings is 1. The van der Waals surface area contributed by atoms with Gasteiger partial charge >= 0.3 is 0 Å². The van der Waals surface area contributed by atoms with Gasteiger partial charge in [0.1, 0.15) is 0 Å². The number of hydrogen-bond donors (Lipinski definition) is 1. The minimum Gasteiger partial charge on any atom is -0.379 e. The van der Waals surface area contributed by atoms with E-state index in [1.54, 1.807) is 29.8 Å². The number of anilines is 1. The molecule has 0 atom stereocenters. The summed E-state index contributed by atoms with van der Waals surface area (Å²) >= 11 is 1.62. The van der Waals surface area contributed by atoms with Crippen LogP contribution in [0, 0.1) is 6.92 Å². The molecule has 1 saturated heterocycles. The van der Waals surface area contributed by atoms with E-state index in [1.165, 1.54) is 11.6 Å². The number of carbonyl (C=O) groups is 1. The van der Waals surface area contributed by atoms with Crippen molar-refractivity contribution in [1.82, 2.24) is 14.9 Å². The Morgan fingerprint density at radius 2 is 2.00 bits per heavy atom. The molecule has 4 rings (SSSR count). The molecule has 3 aromatic rings. The number of hydrogen-bond acceptors (Lipinski definition) is 6. The molecule has 7 heteroatoms. The molecule has 0 aliphatic carbocycles. The predicted octanol–water partition coefficient (Wildman–Crippen LogP) is 4.00. The lowest BCUT2D eigenvalue weighted by atomic mass is 10.1. The smallest absolute Gasteiger partial charge is 0.248 e. The number of pyridine rings is 1. The summed E-state index contributed by atoms with van der Waals surface area (Å²) in [5, 5.41) is 3.92. The maximum atomic E-state index is 12.4. The zero-order valence-corrected chi connectivity index (χ0v) is 17.7. The van der Waals surface area contributed by atoms with Crippen molar-refractivity contribution in [3.8, 4) is 10.4 Å². The van der Waals surface area contributed by atoms with E-state index < -0.39 is 0 Å². The Morgan fingerprint density at radius 1 is 1.20 bits per heavy atom. The monoisotopic (exact) mass is 420 g/mol. The van der Waals surface area contributed by atoms with Crippen molar-refractivity contribution >= 4 is 29.0 Å².